The maximum absolute atomic E-state index is 6.26. The Labute approximate surface area is 136 Å². The first-order valence-corrected chi connectivity index (χ1v) is 7.62. The molecule has 0 aliphatic heterocycles. The van der Waals surface area contributed by atoms with Crippen LogP contribution in [0.4, 0.5) is 0 Å². The molecule has 4 heteroatoms. The van der Waals surface area contributed by atoms with Crippen LogP contribution in [0.1, 0.15) is 37.1 Å². The number of ether oxygens (including phenoxy) is 1. The molecule has 0 radical (unpaired) electrons. The molecule has 0 saturated carbocycles. The zero-order chi connectivity index (χ0) is 15.4. The fraction of sp³-hybridized carbons (Fsp3) is 0.294. The van der Waals surface area contributed by atoms with Crippen LogP contribution < -0.4 is 10.1 Å². The Bertz CT molecular complexity index is 615. The summed E-state index contributed by atoms with van der Waals surface area (Å²) in [4.78, 5) is 0. The summed E-state index contributed by atoms with van der Waals surface area (Å²) in [6.45, 7) is 4.21. The molecule has 0 fully saturated rings. The molecule has 2 nitrogen and oxygen atoms in total. The second kappa shape index (κ2) is 7.17. The molecule has 0 aliphatic rings. The minimum atomic E-state index is 0.121. The van der Waals surface area contributed by atoms with Crippen molar-refractivity contribution in [3.05, 3.63) is 63.6 Å². The first-order valence-electron chi connectivity index (χ1n) is 6.86. The Morgan fingerprint density at radius 2 is 1.76 bits per heavy atom. The fourth-order valence-corrected chi connectivity index (χ4v) is 2.90. The standard InChI is InChI=1S/C17H19Cl2NO/c1-11(13-5-4-6-15(9-13)21-3)20-12(2)16-8-7-14(18)10-17(16)19/h4-12,20H,1-3H3/t11-,12?/m1/s1. The predicted octanol–water partition coefficient (Wildman–Crippen LogP) is 5.41. The number of hydrogen-bond donors (Lipinski definition) is 1. The Hall–Kier alpha value is -1.22. The lowest BCUT2D eigenvalue weighted by Gasteiger charge is -2.22. The van der Waals surface area contributed by atoms with Gasteiger partial charge in [-0.2, -0.15) is 0 Å². The highest BCUT2D eigenvalue weighted by molar-refractivity contribution is 6.35. The van der Waals surface area contributed by atoms with Gasteiger partial charge in [-0.1, -0.05) is 41.4 Å². The lowest BCUT2D eigenvalue weighted by molar-refractivity contribution is 0.412. The van der Waals surface area contributed by atoms with E-state index in [0.717, 1.165) is 11.3 Å². The van der Waals surface area contributed by atoms with Crippen molar-refractivity contribution in [3.63, 3.8) is 0 Å². The van der Waals surface area contributed by atoms with Crippen LogP contribution in [0.2, 0.25) is 10.0 Å². The first-order chi connectivity index (χ1) is 10.0. The van der Waals surface area contributed by atoms with Gasteiger partial charge in [0.2, 0.25) is 0 Å². The quantitative estimate of drug-likeness (QED) is 0.793. The summed E-state index contributed by atoms with van der Waals surface area (Å²) in [6, 6.07) is 13.9. The zero-order valence-electron chi connectivity index (χ0n) is 12.4. The third-order valence-electron chi connectivity index (χ3n) is 3.52. The SMILES string of the molecule is COc1cccc([C@@H](C)NC(C)c2ccc(Cl)cc2Cl)c1. The van der Waals surface area contributed by atoms with Crippen molar-refractivity contribution in [1.82, 2.24) is 5.32 Å². The van der Waals surface area contributed by atoms with Crippen molar-refractivity contribution < 1.29 is 4.74 Å². The van der Waals surface area contributed by atoms with E-state index in [2.05, 4.69) is 25.2 Å². The zero-order valence-corrected chi connectivity index (χ0v) is 13.9. The van der Waals surface area contributed by atoms with E-state index >= 15 is 0 Å². The van der Waals surface area contributed by atoms with E-state index in [9.17, 15) is 0 Å². The molecule has 1 N–H and O–H groups in total. The molecular weight excluding hydrogens is 305 g/mol. The molecule has 2 aromatic carbocycles. The van der Waals surface area contributed by atoms with E-state index in [-0.39, 0.29) is 12.1 Å². The average Bonchev–Trinajstić information content (AvgIpc) is 2.47. The van der Waals surface area contributed by atoms with Crippen LogP contribution in [0.15, 0.2) is 42.5 Å². The van der Waals surface area contributed by atoms with Crippen molar-refractivity contribution in [2.75, 3.05) is 7.11 Å². The summed E-state index contributed by atoms with van der Waals surface area (Å²) in [7, 11) is 1.67. The lowest BCUT2D eigenvalue weighted by Crippen LogP contribution is -2.22. The molecule has 0 aliphatic carbocycles. The van der Waals surface area contributed by atoms with E-state index in [1.54, 1.807) is 13.2 Å². The Morgan fingerprint density at radius 3 is 2.43 bits per heavy atom. The van der Waals surface area contributed by atoms with E-state index in [0.29, 0.717) is 10.0 Å². The third-order valence-corrected chi connectivity index (χ3v) is 4.09. The summed E-state index contributed by atoms with van der Waals surface area (Å²) in [5.74, 6) is 0.860. The van der Waals surface area contributed by atoms with E-state index in [1.807, 2.05) is 30.3 Å². The highest BCUT2D eigenvalue weighted by Crippen LogP contribution is 2.28. The number of hydrogen-bond acceptors (Lipinski definition) is 2. The third kappa shape index (κ3) is 4.13. The summed E-state index contributed by atoms with van der Waals surface area (Å²) in [6.07, 6.45) is 0. The molecule has 0 heterocycles. The average molecular weight is 324 g/mol. The Kier molecular flexibility index (Phi) is 5.51. The van der Waals surface area contributed by atoms with Crippen LogP contribution in [-0.4, -0.2) is 7.11 Å². The normalized spacial score (nSPS) is 13.8. The van der Waals surface area contributed by atoms with Gasteiger partial charge in [0.25, 0.3) is 0 Å². The van der Waals surface area contributed by atoms with Crippen LogP contribution in [0.5, 0.6) is 5.75 Å². The molecule has 0 amide bonds. The molecule has 0 bridgehead atoms. The fourth-order valence-electron chi connectivity index (χ4n) is 2.32. The van der Waals surface area contributed by atoms with E-state index in [4.69, 9.17) is 27.9 Å². The highest BCUT2D eigenvalue weighted by Gasteiger charge is 2.14. The largest absolute Gasteiger partial charge is 0.497 e. The van der Waals surface area contributed by atoms with Crippen molar-refractivity contribution in [2.45, 2.75) is 25.9 Å². The molecule has 0 spiro atoms. The van der Waals surface area contributed by atoms with Crippen molar-refractivity contribution in [1.29, 1.82) is 0 Å². The minimum Gasteiger partial charge on any atom is -0.497 e. The highest BCUT2D eigenvalue weighted by atomic mass is 35.5. The molecule has 0 aromatic heterocycles. The van der Waals surface area contributed by atoms with Gasteiger partial charge in [-0.3, -0.25) is 0 Å². The number of rotatable bonds is 5. The summed E-state index contributed by atoms with van der Waals surface area (Å²) >= 11 is 12.2. The molecule has 2 rings (SSSR count). The maximum atomic E-state index is 6.26. The van der Waals surface area contributed by atoms with Gasteiger partial charge in [0.15, 0.2) is 0 Å². The van der Waals surface area contributed by atoms with E-state index in [1.165, 1.54) is 5.56 Å². The van der Waals surface area contributed by atoms with Crippen LogP contribution in [0.3, 0.4) is 0 Å². The first kappa shape index (κ1) is 16.2. The number of nitrogens with one attached hydrogen (secondary N) is 1. The van der Waals surface area contributed by atoms with Crippen molar-refractivity contribution in [3.8, 4) is 5.75 Å². The second-order valence-electron chi connectivity index (χ2n) is 5.05. The molecular formula is C17H19Cl2NO. The van der Waals surface area contributed by atoms with Gasteiger partial charge in [0, 0.05) is 22.1 Å². The summed E-state index contributed by atoms with van der Waals surface area (Å²) in [5, 5.41) is 4.87. The van der Waals surface area contributed by atoms with Gasteiger partial charge in [0.1, 0.15) is 5.75 Å². The molecule has 2 aromatic rings. The monoisotopic (exact) mass is 323 g/mol. The van der Waals surface area contributed by atoms with Crippen LogP contribution >= 0.6 is 23.2 Å². The smallest absolute Gasteiger partial charge is 0.119 e. The van der Waals surface area contributed by atoms with E-state index < -0.39 is 0 Å². The minimum absolute atomic E-state index is 0.121. The molecule has 2 atom stereocenters. The molecule has 0 saturated heterocycles. The summed E-state index contributed by atoms with van der Waals surface area (Å²) < 4.78 is 5.26. The number of methoxy groups -OCH3 is 1. The Morgan fingerprint density at radius 1 is 1.00 bits per heavy atom. The van der Waals surface area contributed by atoms with Gasteiger partial charge in [-0.15, -0.1) is 0 Å². The predicted molar refractivity (Wildman–Crippen MR) is 89.4 cm³/mol. The molecule has 21 heavy (non-hydrogen) atoms. The van der Waals surface area contributed by atoms with Gasteiger partial charge in [-0.05, 0) is 49.2 Å². The number of benzene rings is 2. The molecule has 112 valence electrons. The van der Waals surface area contributed by atoms with Gasteiger partial charge in [-0.25, -0.2) is 0 Å². The lowest BCUT2D eigenvalue weighted by atomic mass is 10.0. The van der Waals surface area contributed by atoms with Crippen molar-refractivity contribution >= 4 is 23.2 Å². The van der Waals surface area contributed by atoms with Gasteiger partial charge in [0.05, 0.1) is 7.11 Å². The topological polar surface area (TPSA) is 21.3 Å². The van der Waals surface area contributed by atoms with Crippen LogP contribution in [-0.2, 0) is 0 Å². The maximum Gasteiger partial charge on any atom is 0.119 e. The van der Waals surface area contributed by atoms with Gasteiger partial charge < -0.3 is 10.1 Å². The van der Waals surface area contributed by atoms with Crippen LogP contribution in [0, 0.1) is 0 Å². The molecule has 1 unspecified atom stereocenters. The van der Waals surface area contributed by atoms with Crippen molar-refractivity contribution in [2.24, 2.45) is 0 Å². The summed E-state index contributed by atoms with van der Waals surface area (Å²) in [5.41, 5.74) is 2.21. The number of halogens is 2. The van der Waals surface area contributed by atoms with Crippen LogP contribution in [0.25, 0.3) is 0 Å². The Balaban J connectivity index is 2.12. The van der Waals surface area contributed by atoms with Gasteiger partial charge >= 0.3 is 0 Å². The second-order valence-corrected chi connectivity index (χ2v) is 5.90.